The predicted molar refractivity (Wildman–Crippen MR) is 37.4 cm³/mol. The summed E-state index contributed by atoms with van der Waals surface area (Å²) in [6, 6.07) is 0. The van der Waals surface area contributed by atoms with E-state index in [0.29, 0.717) is 9.20 Å². The molecule has 1 aromatic rings. The van der Waals surface area contributed by atoms with Gasteiger partial charge in [-0.05, 0) is 15.9 Å². The third kappa shape index (κ3) is 0.971. The molecule has 0 fully saturated rings. The van der Waals surface area contributed by atoms with E-state index in [1.54, 1.807) is 0 Å². The first-order valence-electron chi connectivity index (χ1n) is 2.40. The van der Waals surface area contributed by atoms with Crippen LogP contribution in [0.4, 0.5) is 5.95 Å². The van der Waals surface area contributed by atoms with Crippen LogP contribution in [0.15, 0.2) is 10.7 Å². The second-order valence-electron chi connectivity index (χ2n) is 1.62. The summed E-state index contributed by atoms with van der Waals surface area (Å²) in [4.78, 5) is 3.56. The van der Waals surface area contributed by atoms with Gasteiger partial charge in [0.25, 0.3) is 0 Å². The SMILES string of the molecule is N=c1c(Br)cnc(N)n1O. The van der Waals surface area contributed by atoms with Gasteiger partial charge in [-0.15, -0.1) is 4.73 Å². The Morgan fingerprint density at radius 3 is 2.90 bits per heavy atom. The number of halogens is 1. The Kier molecular flexibility index (Phi) is 1.62. The number of nitrogens with two attached hydrogens (primary N) is 1. The fraction of sp³-hybridized carbons (Fsp3) is 0. The lowest BCUT2D eigenvalue weighted by Gasteiger charge is -1.99. The van der Waals surface area contributed by atoms with E-state index in [1.807, 2.05) is 0 Å². The van der Waals surface area contributed by atoms with Gasteiger partial charge >= 0.3 is 0 Å². The van der Waals surface area contributed by atoms with E-state index in [1.165, 1.54) is 6.20 Å². The predicted octanol–water partition coefficient (Wildman–Crippen LogP) is -0.0554. The van der Waals surface area contributed by atoms with Crippen LogP contribution in [0, 0.1) is 5.41 Å². The highest BCUT2D eigenvalue weighted by Crippen LogP contribution is 2.00. The van der Waals surface area contributed by atoms with E-state index < -0.39 is 0 Å². The van der Waals surface area contributed by atoms with Crippen molar-refractivity contribution in [2.75, 3.05) is 5.73 Å². The van der Waals surface area contributed by atoms with Gasteiger partial charge in [0.1, 0.15) is 0 Å². The van der Waals surface area contributed by atoms with Crippen molar-refractivity contribution in [1.82, 2.24) is 9.71 Å². The summed E-state index contributed by atoms with van der Waals surface area (Å²) >= 11 is 2.99. The Morgan fingerprint density at radius 2 is 2.40 bits per heavy atom. The van der Waals surface area contributed by atoms with E-state index in [4.69, 9.17) is 16.4 Å². The normalized spacial score (nSPS) is 9.70. The molecule has 1 aromatic heterocycles. The quantitative estimate of drug-likeness (QED) is 0.518. The third-order valence-electron chi connectivity index (χ3n) is 0.965. The maximum atomic E-state index is 8.90. The number of hydrogen-bond donors (Lipinski definition) is 3. The first kappa shape index (κ1) is 7.07. The molecule has 10 heavy (non-hydrogen) atoms. The number of nitrogens with zero attached hydrogens (tertiary/aromatic N) is 2. The first-order valence-corrected chi connectivity index (χ1v) is 3.19. The molecule has 1 heterocycles. The Hall–Kier alpha value is -1.04. The van der Waals surface area contributed by atoms with Crippen molar-refractivity contribution in [2.24, 2.45) is 0 Å². The van der Waals surface area contributed by atoms with Crippen LogP contribution < -0.4 is 11.2 Å². The van der Waals surface area contributed by atoms with E-state index >= 15 is 0 Å². The summed E-state index contributed by atoms with van der Waals surface area (Å²) in [6.45, 7) is 0. The molecule has 4 N–H and O–H groups in total. The zero-order valence-corrected chi connectivity index (χ0v) is 6.46. The second kappa shape index (κ2) is 2.30. The molecule has 0 spiro atoms. The van der Waals surface area contributed by atoms with Crippen molar-refractivity contribution >= 4 is 21.9 Å². The van der Waals surface area contributed by atoms with Gasteiger partial charge in [0.15, 0.2) is 5.49 Å². The molecule has 5 nitrogen and oxygen atoms in total. The summed E-state index contributed by atoms with van der Waals surface area (Å²) in [7, 11) is 0. The van der Waals surface area contributed by atoms with Gasteiger partial charge in [-0.3, -0.25) is 5.41 Å². The molecule has 0 atom stereocenters. The highest BCUT2D eigenvalue weighted by atomic mass is 79.9. The Balaban J connectivity index is 3.50. The molecule has 54 valence electrons. The Bertz CT molecular complexity index is 307. The van der Waals surface area contributed by atoms with Crippen molar-refractivity contribution in [1.29, 1.82) is 5.41 Å². The fourth-order valence-electron chi connectivity index (χ4n) is 0.454. The molecule has 0 amide bonds. The molecule has 0 aliphatic carbocycles. The number of rotatable bonds is 0. The van der Waals surface area contributed by atoms with Crippen LogP contribution in [0.5, 0.6) is 0 Å². The van der Waals surface area contributed by atoms with Gasteiger partial charge < -0.3 is 10.9 Å². The Labute approximate surface area is 64.7 Å². The minimum Gasteiger partial charge on any atom is -0.423 e. The van der Waals surface area contributed by atoms with E-state index in [2.05, 4.69) is 20.9 Å². The van der Waals surface area contributed by atoms with Crippen LogP contribution in [0.3, 0.4) is 0 Å². The van der Waals surface area contributed by atoms with Crippen molar-refractivity contribution in [2.45, 2.75) is 0 Å². The number of nitrogens with one attached hydrogen (secondary N) is 1. The fourth-order valence-corrected chi connectivity index (χ4v) is 0.725. The summed E-state index contributed by atoms with van der Waals surface area (Å²) in [5.74, 6) is -0.104. The molecule has 0 aliphatic heterocycles. The lowest BCUT2D eigenvalue weighted by molar-refractivity contribution is 0.173. The first-order chi connectivity index (χ1) is 4.63. The van der Waals surface area contributed by atoms with Crippen molar-refractivity contribution in [3.05, 3.63) is 16.2 Å². The maximum Gasteiger partial charge on any atom is 0.236 e. The third-order valence-corrected chi connectivity index (χ3v) is 1.55. The van der Waals surface area contributed by atoms with Gasteiger partial charge in [0.2, 0.25) is 5.95 Å². The highest BCUT2D eigenvalue weighted by Gasteiger charge is 1.98. The molecule has 0 aromatic carbocycles. The molecule has 0 saturated heterocycles. The van der Waals surface area contributed by atoms with Gasteiger partial charge in [0.05, 0.1) is 4.47 Å². The largest absolute Gasteiger partial charge is 0.423 e. The Morgan fingerprint density at radius 1 is 1.80 bits per heavy atom. The number of nitrogen functional groups attached to an aromatic ring is 1. The van der Waals surface area contributed by atoms with Crippen molar-refractivity contribution in [3.63, 3.8) is 0 Å². The monoisotopic (exact) mass is 204 g/mol. The number of anilines is 1. The molecular weight excluding hydrogens is 200 g/mol. The van der Waals surface area contributed by atoms with E-state index in [0.717, 1.165) is 0 Å². The molecule has 0 aliphatic rings. The van der Waals surface area contributed by atoms with Crippen molar-refractivity contribution in [3.8, 4) is 0 Å². The minimum atomic E-state index is -0.118. The summed E-state index contributed by atoms with van der Waals surface area (Å²) in [6.07, 6.45) is 1.35. The number of hydrogen-bond acceptors (Lipinski definition) is 4. The average molecular weight is 205 g/mol. The van der Waals surface area contributed by atoms with Gasteiger partial charge in [-0.1, -0.05) is 0 Å². The van der Waals surface area contributed by atoms with Gasteiger partial charge in [0, 0.05) is 6.20 Å². The summed E-state index contributed by atoms with van der Waals surface area (Å²) < 4.78 is 0.883. The van der Waals surface area contributed by atoms with Gasteiger partial charge in [-0.25, -0.2) is 4.98 Å². The van der Waals surface area contributed by atoms with Crippen molar-refractivity contribution < 1.29 is 5.21 Å². The van der Waals surface area contributed by atoms with E-state index in [-0.39, 0.29) is 11.4 Å². The van der Waals surface area contributed by atoms with Gasteiger partial charge in [-0.2, -0.15) is 0 Å². The van der Waals surface area contributed by atoms with Crippen LogP contribution in [-0.2, 0) is 0 Å². The smallest absolute Gasteiger partial charge is 0.236 e. The standard InChI is InChI=1S/C4H5BrN4O/c5-2-1-8-4(7)9(10)3(2)6/h1,6,10H,(H2,7,8). The zero-order chi connectivity index (χ0) is 7.72. The molecular formula is C4H5BrN4O. The van der Waals surface area contributed by atoms with E-state index in [9.17, 15) is 0 Å². The van der Waals surface area contributed by atoms with Crippen LogP contribution in [-0.4, -0.2) is 14.9 Å². The zero-order valence-electron chi connectivity index (χ0n) is 4.87. The topological polar surface area (TPSA) is 87.9 Å². The molecule has 6 heteroatoms. The van der Waals surface area contributed by atoms with Crippen LogP contribution in [0.1, 0.15) is 0 Å². The average Bonchev–Trinajstić information content (AvgIpc) is 1.93. The maximum absolute atomic E-state index is 8.90. The van der Waals surface area contributed by atoms with Crippen LogP contribution >= 0.6 is 15.9 Å². The molecule has 0 unspecified atom stereocenters. The van der Waals surface area contributed by atoms with Crippen LogP contribution in [0.2, 0.25) is 0 Å². The molecule has 0 saturated carbocycles. The lowest BCUT2D eigenvalue weighted by atomic mass is 10.6. The highest BCUT2D eigenvalue weighted by molar-refractivity contribution is 9.10. The molecule has 1 rings (SSSR count). The molecule has 0 bridgehead atoms. The van der Waals surface area contributed by atoms with Crippen LogP contribution in [0.25, 0.3) is 0 Å². The molecule has 0 radical (unpaired) electrons. The summed E-state index contributed by atoms with van der Waals surface area (Å²) in [5.41, 5.74) is 5.03. The summed E-state index contributed by atoms with van der Waals surface area (Å²) in [5, 5.41) is 16.0. The lowest BCUT2D eigenvalue weighted by Crippen LogP contribution is -2.22. The second-order valence-corrected chi connectivity index (χ2v) is 2.48. The minimum absolute atomic E-state index is 0.104. The number of aromatic nitrogens is 2.